The van der Waals surface area contributed by atoms with Crippen LogP contribution in [0.1, 0.15) is 1.43 Å². The van der Waals surface area contributed by atoms with Gasteiger partial charge in [0, 0.05) is 0 Å². The first-order valence-electron chi connectivity index (χ1n) is 1.10. The Morgan fingerprint density at radius 2 is 0.900 bits per heavy atom. The predicted molar refractivity (Wildman–Crippen MR) is 3.86 cm³/mol. The topological polar surface area (TPSA) is 114 Å². The normalized spacial score (nSPS) is 5.00. The van der Waals surface area contributed by atoms with Crippen LogP contribution in [-0.4, -0.2) is 0 Å². The first kappa shape index (κ1) is 22.5. The van der Waals surface area contributed by atoms with Crippen molar-refractivity contribution in [1.82, 2.24) is 0 Å². The molecule has 0 fully saturated rings. The Balaban J connectivity index is -0.0000000171. The van der Waals surface area contributed by atoms with Crippen LogP contribution < -0.4 is 26.9 Å². The Bertz CT molecular complexity index is 137. The van der Waals surface area contributed by atoms with Crippen molar-refractivity contribution in [1.29, 1.82) is 0 Å². The third kappa shape index (κ3) is 336. The molecule has 0 aliphatic carbocycles. The molecule has 6 nitrogen and oxygen atoms in total. The van der Waals surface area contributed by atoms with Crippen LogP contribution in [0.5, 0.6) is 0 Å². The predicted octanol–water partition coefficient (Wildman–Crippen LogP) is -5.74. The van der Waals surface area contributed by atoms with Gasteiger partial charge in [0.25, 0.3) is 0 Å². The van der Waals surface area contributed by atoms with Gasteiger partial charge in [-0.15, -0.1) is 0 Å². The molecule has 0 aromatic carbocycles. The molecular weight excluding hydrogens is 260 g/mol. The van der Waals surface area contributed by atoms with E-state index in [-0.39, 0.29) is 37.4 Å². The molecule has 0 amide bonds. The van der Waals surface area contributed by atoms with Gasteiger partial charge in [0.1, 0.15) is 0 Å². The van der Waals surface area contributed by atoms with E-state index in [9.17, 15) is 0 Å². The summed E-state index contributed by atoms with van der Waals surface area (Å²) in [5, 5.41) is 0. The van der Waals surface area contributed by atoms with Crippen molar-refractivity contribution in [2.45, 2.75) is 0 Å². The van der Waals surface area contributed by atoms with Gasteiger partial charge in [-0.3, -0.25) is 0 Å². The molecule has 0 aromatic rings. The van der Waals surface area contributed by atoms with Crippen molar-refractivity contribution in [3.63, 3.8) is 0 Å². The van der Waals surface area contributed by atoms with Gasteiger partial charge in [0.15, 0.2) is 0 Å². The molecular formula is HLiMnO6V2. The minimum atomic E-state index is -3.94. The molecule has 55 valence electrons. The van der Waals surface area contributed by atoms with Crippen molar-refractivity contribution in [3.8, 4) is 0 Å². The van der Waals surface area contributed by atoms with Crippen molar-refractivity contribution in [3.05, 3.63) is 0 Å². The van der Waals surface area contributed by atoms with Crippen LogP contribution in [0.4, 0.5) is 0 Å². The molecule has 0 saturated heterocycles. The first-order chi connectivity index (χ1) is 3.46. The van der Waals surface area contributed by atoms with Gasteiger partial charge in [-0.25, -0.2) is 0 Å². The fraction of sp³-hybridized carbons (Fsp3) is 0. The fourth-order valence-electron chi connectivity index (χ4n) is 0. The SMILES string of the molecule is [H-].[Li+].[Mn+2].[O]=[V](=[O])[O-].[O]=[V](=[O])[O-]. The van der Waals surface area contributed by atoms with Gasteiger partial charge in [-0.05, 0) is 0 Å². The second-order valence-corrected chi connectivity index (χ2v) is 1.84. The molecule has 10 heavy (non-hydrogen) atoms. The van der Waals surface area contributed by atoms with Gasteiger partial charge < -0.3 is 1.43 Å². The van der Waals surface area contributed by atoms with Gasteiger partial charge in [0.2, 0.25) is 0 Å². The van der Waals surface area contributed by atoms with Crippen LogP contribution >= 0.6 is 0 Å². The van der Waals surface area contributed by atoms with Crippen molar-refractivity contribution < 1.29 is 90.9 Å². The zero-order valence-corrected chi connectivity index (χ0v) is 8.70. The molecule has 0 bridgehead atoms. The Hall–Kier alpha value is 1.41. The van der Waals surface area contributed by atoms with Crippen LogP contribution in [0, 0.1) is 0 Å². The average molecular weight is 261 g/mol. The molecule has 0 saturated carbocycles. The quantitative estimate of drug-likeness (QED) is 0.401. The third-order valence-corrected chi connectivity index (χ3v) is 0. The van der Waals surface area contributed by atoms with E-state index in [0.29, 0.717) is 0 Å². The summed E-state index contributed by atoms with van der Waals surface area (Å²) in [5.41, 5.74) is 0. The molecule has 0 heterocycles. The maximum atomic E-state index is 8.56. The molecule has 0 unspecified atom stereocenters. The van der Waals surface area contributed by atoms with Crippen LogP contribution in [-0.2, 0) is 62.6 Å². The minimum absolute atomic E-state index is 0. The molecule has 0 atom stereocenters. The maximum absolute atomic E-state index is 8.56. The van der Waals surface area contributed by atoms with Gasteiger partial charge >= 0.3 is 89.5 Å². The van der Waals surface area contributed by atoms with E-state index in [2.05, 4.69) is 0 Å². The van der Waals surface area contributed by atoms with Crippen LogP contribution in [0.25, 0.3) is 0 Å². The van der Waals surface area contributed by atoms with E-state index in [1.807, 2.05) is 0 Å². The second kappa shape index (κ2) is 16.8. The van der Waals surface area contributed by atoms with Crippen LogP contribution in [0.2, 0.25) is 0 Å². The summed E-state index contributed by atoms with van der Waals surface area (Å²) < 4.78 is 51.4. The van der Waals surface area contributed by atoms with Crippen molar-refractivity contribution in [2.24, 2.45) is 0 Å². The zero-order chi connectivity index (χ0) is 7.15. The fourth-order valence-corrected chi connectivity index (χ4v) is 0. The van der Waals surface area contributed by atoms with Crippen LogP contribution in [0.3, 0.4) is 0 Å². The molecule has 0 spiro atoms. The molecule has 0 aromatic heterocycles. The summed E-state index contributed by atoms with van der Waals surface area (Å²) in [6.07, 6.45) is 0. The summed E-state index contributed by atoms with van der Waals surface area (Å²) in [6.45, 7) is 0. The molecule has 0 N–H and O–H groups in total. The van der Waals surface area contributed by atoms with Crippen LogP contribution in [0.15, 0.2) is 0 Å². The molecule has 0 aliphatic heterocycles. The van der Waals surface area contributed by atoms with Crippen molar-refractivity contribution >= 4 is 0 Å². The number of rotatable bonds is 0. The van der Waals surface area contributed by atoms with Gasteiger partial charge in [-0.1, -0.05) is 0 Å². The first-order valence-corrected chi connectivity index (χ1v) is 4.52. The number of hydrogen-bond donors (Lipinski definition) is 0. The second-order valence-electron chi connectivity index (χ2n) is 0.447. The van der Waals surface area contributed by atoms with E-state index in [1.165, 1.54) is 0 Å². The summed E-state index contributed by atoms with van der Waals surface area (Å²) in [7, 11) is 0. The van der Waals surface area contributed by atoms with Crippen molar-refractivity contribution in [2.75, 3.05) is 0 Å². The Kier molecular flexibility index (Phi) is 37.8. The Morgan fingerprint density at radius 1 is 0.900 bits per heavy atom. The summed E-state index contributed by atoms with van der Waals surface area (Å²) in [5.74, 6) is 0. The standard InChI is InChI=1S/Li.Mn.6O.2V.H/q+1;+2;;;;;2*-1;;;-1. The number of hydrogen-bond acceptors (Lipinski definition) is 6. The van der Waals surface area contributed by atoms with Gasteiger partial charge in [0.05, 0.1) is 0 Å². The molecule has 10 heteroatoms. The molecule has 0 rings (SSSR count). The van der Waals surface area contributed by atoms with E-state index in [1.54, 1.807) is 0 Å². The van der Waals surface area contributed by atoms with E-state index >= 15 is 0 Å². The Labute approximate surface area is 90.2 Å². The molecule has 0 aliphatic rings. The summed E-state index contributed by atoms with van der Waals surface area (Å²) >= 11 is -7.88. The Morgan fingerprint density at radius 3 is 0.900 bits per heavy atom. The summed E-state index contributed by atoms with van der Waals surface area (Å²) in [4.78, 5) is 0. The molecule has 1 radical (unpaired) electrons. The van der Waals surface area contributed by atoms with E-state index < -0.39 is 30.8 Å². The zero-order valence-electron chi connectivity index (χ0n) is 5.72. The van der Waals surface area contributed by atoms with Gasteiger partial charge in [-0.2, -0.15) is 0 Å². The van der Waals surface area contributed by atoms with E-state index in [4.69, 9.17) is 22.8 Å². The van der Waals surface area contributed by atoms with E-state index in [0.717, 1.165) is 0 Å². The third-order valence-electron chi connectivity index (χ3n) is 0. The monoisotopic (exact) mass is 261 g/mol. The average Bonchev–Trinajstić information content (AvgIpc) is 1.25. The summed E-state index contributed by atoms with van der Waals surface area (Å²) in [6, 6.07) is 0.